The highest BCUT2D eigenvalue weighted by Crippen LogP contribution is 2.37. The van der Waals surface area contributed by atoms with Crippen molar-refractivity contribution in [2.45, 2.75) is 57.0 Å². The second-order valence-corrected chi connectivity index (χ2v) is 8.73. The van der Waals surface area contributed by atoms with Crippen molar-refractivity contribution in [2.24, 2.45) is 13.0 Å². The first-order valence-corrected chi connectivity index (χ1v) is 10.8. The van der Waals surface area contributed by atoms with Gasteiger partial charge in [0.1, 0.15) is 0 Å². The zero-order valence-corrected chi connectivity index (χ0v) is 17.4. The van der Waals surface area contributed by atoms with Gasteiger partial charge in [-0.05, 0) is 50.9 Å². The van der Waals surface area contributed by atoms with Gasteiger partial charge in [-0.25, -0.2) is 15.0 Å². The summed E-state index contributed by atoms with van der Waals surface area (Å²) in [4.78, 5) is 13.4. The third kappa shape index (κ3) is 4.01. The van der Waals surface area contributed by atoms with E-state index in [2.05, 4.69) is 31.1 Å². The second-order valence-electron chi connectivity index (χ2n) is 8.33. The molecule has 8 heteroatoms. The van der Waals surface area contributed by atoms with Crippen molar-refractivity contribution in [3.63, 3.8) is 0 Å². The average Bonchev–Trinajstić information content (AvgIpc) is 3.24. The molecule has 2 aliphatic carbocycles. The minimum absolute atomic E-state index is 0.378. The molecule has 2 saturated carbocycles. The van der Waals surface area contributed by atoms with Crippen LogP contribution in [0.2, 0.25) is 5.02 Å². The van der Waals surface area contributed by atoms with Crippen LogP contribution in [0.15, 0.2) is 31.1 Å². The van der Waals surface area contributed by atoms with Crippen molar-refractivity contribution in [1.29, 1.82) is 0 Å². The van der Waals surface area contributed by atoms with Gasteiger partial charge in [0.15, 0.2) is 0 Å². The Kier molecular flexibility index (Phi) is 4.99. The minimum Gasteiger partial charge on any atom is -0.351 e. The molecular formula is C21H26ClN7. The summed E-state index contributed by atoms with van der Waals surface area (Å²) in [7, 11) is 1.99. The van der Waals surface area contributed by atoms with Gasteiger partial charge in [0.2, 0.25) is 5.95 Å². The summed E-state index contributed by atoms with van der Waals surface area (Å²) in [5.41, 5.74) is 3.01. The van der Waals surface area contributed by atoms with E-state index in [1.807, 2.05) is 30.5 Å². The molecule has 2 fully saturated rings. The lowest BCUT2D eigenvalue weighted by Gasteiger charge is -2.29. The van der Waals surface area contributed by atoms with E-state index in [0.29, 0.717) is 23.1 Å². The van der Waals surface area contributed by atoms with E-state index < -0.39 is 0 Å². The van der Waals surface area contributed by atoms with Gasteiger partial charge >= 0.3 is 0 Å². The Hall–Kier alpha value is -2.41. The molecule has 3 aromatic heterocycles. The van der Waals surface area contributed by atoms with Gasteiger partial charge < -0.3 is 9.88 Å². The van der Waals surface area contributed by atoms with Crippen molar-refractivity contribution in [1.82, 2.24) is 29.3 Å². The molecule has 3 heterocycles. The maximum Gasteiger partial charge on any atom is 0.223 e. The number of imidazole rings is 1. The Morgan fingerprint density at radius 2 is 1.97 bits per heavy atom. The van der Waals surface area contributed by atoms with Gasteiger partial charge in [-0.1, -0.05) is 11.6 Å². The molecule has 0 aliphatic heterocycles. The summed E-state index contributed by atoms with van der Waals surface area (Å²) in [6.45, 7) is 0. The first-order chi connectivity index (χ1) is 14.2. The van der Waals surface area contributed by atoms with Crippen LogP contribution in [0.25, 0.3) is 11.3 Å². The van der Waals surface area contributed by atoms with Crippen LogP contribution < -0.4 is 5.32 Å². The van der Waals surface area contributed by atoms with Crippen LogP contribution in [0.1, 0.15) is 50.3 Å². The summed E-state index contributed by atoms with van der Waals surface area (Å²) in [5.74, 6) is 1.42. The number of halogens is 1. The number of hydrogen-bond donors (Lipinski definition) is 1. The Bertz CT molecular complexity index is 969. The predicted molar refractivity (Wildman–Crippen MR) is 113 cm³/mol. The molecule has 7 nitrogen and oxygen atoms in total. The van der Waals surface area contributed by atoms with Gasteiger partial charge in [-0.2, -0.15) is 5.10 Å². The molecule has 1 N–H and O–H groups in total. The van der Waals surface area contributed by atoms with Gasteiger partial charge in [-0.3, -0.25) is 4.68 Å². The molecule has 0 radical (unpaired) electrons. The molecule has 29 heavy (non-hydrogen) atoms. The van der Waals surface area contributed by atoms with Crippen LogP contribution in [-0.2, 0) is 13.5 Å². The van der Waals surface area contributed by atoms with Crippen LogP contribution in [0.4, 0.5) is 5.95 Å². The molecule has 2 aliphatic rings. The number of anilines is 1. The van der Waals surface area contributed by atoms with Crippen LogP contribution in [-0.4, -0.2) is 35.3 Å². The lowest BCUT2D eigenvalue weighted by molar-refractivity contribution is 0.333. The minimum atomic E-state index is 0.378. The lowest BCUT2D eigenvalue weighted by atomic mass is 9.91. The fourth-order valence-corrected chi connectivity index (χ4v) is 4.50. The average molecular weight is 412 g/mol. The number of rotatable bonds is 6. The highest BCUT2D eigenvalue weighted by molar-refractivity contribution is 6.32. The highest BCUT2D eigenvalue weighted by Gasteiger charge is 2.27. The molecule has 0 spiro atoms. The largest absolute Gasteiger partial charge is 0.351 e. The molecule has 5 rings (SSSR count). The summed E-state index contributed by atoms with van der Waals surface area (Å²) >= 11 is 6.48. The monoisotopic (exact) mass is 411 g/mol. The number of hydrogen-bond acceptors (Lipinski definition) is 5. The van der Waals surface area contributed by atoms with E-state index in [1.54, 1.807) is 6.20 Å². The van der Waals surface area contributed by atoms with E-state index in [0.717, 1.165) is 49.3 Å². The van der Waals surface area contributed by atoms with Gasteiger partial charge in [0.05, 0.1) is 29.4 Å². The molecule has 3 aromatic rings. The topological polar surface area (TPSA) is 73.5 Å². The molecule has 0 aromatic carbocycles. The van der Waals surface area contributed by atoms with Crippen molar-refractivity contribution < 1.29 is 0 Å². The Labute approximate surface area is 175 Å². The standard InChI is InChI=1S/C21H26ClN7/c1-28-19(10-14-2-3-14)17(11-25-28)20-18(22)12-24-21(27-20)26-15-4-6-16(7-5-15)29-9-8-23-13-29/h8-9,11-16H,2-7,10H2,1H3,(H,24,26,27). The number of nitrogens with one attached hydrogen (secondary N) is 1. The zero-order chi connectivity index (χ0) is 19.8. The van der Waals surface area contributed by atoms with Gasteiger partial charge in [0, 0.05) is 42.8 Å². The molecule has 0 unspecified atom stereocenters. The molecule has 0 atom stereocenters. The Morgan fingerprint density at radius 1 is 1.14 bits per heavy atom. The molecule has 0 bridgehead atoms. The first kappa shape index (κ1) is 18.6. The van der Waals surface area contributed by atoms with Gasteiger partial charge in [-0.15, -0.1) is 0 Å². The molecule has 152 valence electrons. The smallest absolute Gasteiger partial charge is 0.223 e. The van der Waals surface area contributed by atoms with E-state index in [4.69, 9.17) is 16.6 Å². The normalized spacial score (nSPS) is 22.0. The Balaban J connectivity index is 1.30. The SMILES string of the molecule is Cn1ncc(-c2nc(NC3CCC(n4ccnc4)CC3)ncc2Cl)c1CC1CC1. The second kappa shape index (κ2) is 7.78. The van der Waals surface area contributed by atoms with E-state index in [1.165, 1.54) is 18.5 Å². The van der Waals surface area contributed by atoms with Crippen LogP contribution >= 0.6 is 11.6 Å². The summed E-state index contributed by atoms with van der Waals surface area (Å²) in [6, 6.07) is 0.918. The Morgan fingerprint density at radius 3 is 2.69 bits per heavy atom. The van der Waals surface area contributed by atoms with E-state index >= 15 is 0 Å². The fourth-order valence-electron chi connectivity index (χ4n) is 4.31. The number of aromatic nitrogens is 6. The van der Waals surface area contributed by atoms with Crippen LogP contribution in [0.5, 0.6) is 0 Å². The third-order valence-electron chi connectivity index (χ3n) is 6.22. The summed E-state index contributed by atoms with van der Waals surface area (Å²) in [5, 5.41) is 8.57. The number of aryl methyl sites for hydroxylation is 1. The summed E-state index contributed by atoms with van der Waals surface area (Å²) < 4.78 is 4.17. The maximum absolute atomic E-state index is 6.48. The third-order valence-corrected chi connectivity index (χ3v) is 6.49. The summed E-state index contributed by atoms with van der Waals surface area (Å²) in [6.07, 6.45) is 17.5. The number of nitrogens with zero attached hydrogens (tertiary/aromatic N) is 6. The quantitative estimate of drug-likeness (QED) is 0.655. The van der Waals surface area contributed by atoms with Crippen molar-refractivity contribution in [2.75, 3.05) is 5.32 Å². The van der Waals surface area contributed by atoms with E-state index in [9.17, 15) is 0 Å². The van der Waals surface area contributed by atoms with Gasteiger partial charge in [0.25, 0.3) is 0 Å². The molecule has 0 saturated heterocycles. The van der Waals surface area contributed by atoms with Crippen molar-refractivity contribution in [3.05, 3.63) is 41.8 Å². The molecule has 0 amide bonds. The van der Waals surface area contributed by atoms with Crippen molar-refractivity contribution >= 4 is 17.5 Å². The first-order valence-electron chi connectivity index (χ1n) is 10.4. The van der Waals surface area contributed by atoms with Crippen LogP contribution in [0.3, 0.4) is 0 Å². The molecular weight excluding hydrogens is 386 g/mol. The predicted octanol–water partition coefficient (Wildman–Crippen LogP) is 4.28. The fraction of sp³-hybridized carbons (Fsp3) is 0.524. The van der Waals surface area contributed by atoms with E-state index in [-0.39, 0.29) is 0 Å². The van der Waals surface area contributed by atoms with Crippen molar-refractivity contribution in [3.8, 4) is 11.3 Å². The lowest BCUT2D eigenvalue weighted by Crippen LogP contribution is -2.28. The highest BCUT2D eigenvalue weighted by atomic mass is 35.5. The zero-order valence-electron chi connectivity index (χ0n) is 16.6. The maximum atomic E-state index is 6.48. The van der Waals surface area contributed by atoms with Crippen LogP contribution in [0, 0.1) is 5.92 Å².